The Hall–Kier alpha value is -4.64. The zero-order chi connectivity index (χ0) is 25.2. The summed E-state index contributed by atoms with van der Waals surface area (Å²) in [4.78, 5) is 18.1. The summed E-state index contributed by atoms with van der Waals surface area (Å²) < 4.78 is 23.5. The fraction of sp³-hybridized carbons (Fsp3) is 0.231. The molecular formula is C26H24N6O5. The van der Waals surface area contributed by atoms with Crippen LogP contribution in [0.1, 0.15) is 22.7 Å². The van der Waals surface area contributed by atoms with E-state index in [0.29, 0.717) is 49.1 Å². The van der Waals surface area contributed by atoms with Gasteiger partial charge in [0, 0.05) is 24.7 Å². The summed E-state index contributed by atoms with van der Waals surface area (Å²) in [5.74, 6) is 3.51. The molecule has 1 aliphatic heterocycles. The standard InChI is InChI=1S/C26H24N6O5/c1-34-20-6-5-18-10-19(26(33)27-22(18)11-20)13-31(12-17-4-7-23-24(9-17)37-16-36-23)15-25-28-29-30-32(25)14-21-3-2-8-35-21/h2-11H,12-16H2,1H3,(H,27,33). The topological polar surface area (TPSA) is 121 Å². The third kappa shape index (κ3) is 4.89. The van der Waals surface area contributed by atoms with Gasteiger partial charge >= 0.3 is 0 Å². The van der Waals surface area contributed by atoms with Gasteiger partial charge in [0.15, 0.2) is 17.3 Å². The first-order valence-corrected chi connectivity index (χ1v) is 11.7. The Morgan fingerprint density at radius 3 is 2.84 bits per heavy atom. The Morgan fingerprint density at radius 1 is 1.05 bits per heavy atom. The van der Waals surface area contributed by atoms with Gasteiger partial charge in [0.25, 0.3) is 5.56 Å². The van der Waals surface area contributed by atoms with Crippen molar-refractivity contribution in [2.24, 2.45) is 0 Å². The molecule has 0 bridgehead atoms. The SMILES string of the molecule is COc1ccc2cc(CN(Cc3ccc4c(c3)OCO4)Cc3nnnn3Cc3ccco3)c(=O)[nH]c2c1. The maximum absolute atomic E-state index is 13.0. The Kier molecular flexibility index (Phi) is 6.03. The lowest BCUT2D eigenvalue weighted by Gasteiger charge is -2.22. The number of fused-ring (bicyclic) bond motifs is 2. The molecule has 0 atom stereocenters. The number of hydrogen-bond acceptors (Lipinski definition) is 9. The maximum Gasteiger partial charge on any atom is 0.252 e. The molecule has 0 radical (unpaired) electrons. The molecule has 0 aliphatic carbocycles. The number of ether oxygens (including phenoxy) is 3. The van der Waals surface area contributed by atoms with Crippen LogP contribution in [0.4, 0.5) is 0 Å². The van der Waals surface area contributed by atoms with E-state index in [9.17, 15) is 4.79 Å². The van der Waals surface area contributed by atoms with Gasteiger partial charge in [0.2, 0.25) is 6.79 Å². The van der Waals surface area contributed by atoms with E-state index in [1.807, 2.05) is 54.6 Å². The normalized spacial score (nSPS) is 12.5. The average molecular weight is 501 g/mol. The highest BCUT2D eigenvalue weighted by Crippen LogP contribution is 2.33. The van der Waals surface area contributed by atoms with Crippen molar-refractivity contribution in [3.8, 4) is 17.2 Å². The minimum atomic E-state index is -0.161. The summed E-state index contributed by atoms with van der Waals surface area (Å²) in [7, 11) is 1.60. The second-order valence-electron chi connectivity index (χ2n) is 8.74. The number of pyridine rings is 1. The molecule has 0 saturated heterocycles. The summed E-state index contributed by atoms with van der Waals surface area (Å²) in [6.07, 6.45) is 1.62. The number of H-pyrrole nitrogens is 1. The molecule has 0 unspecified atom stereocenters. The van der Waals surface area contributed by atoms with E-state index in [4.69, 9.17) is 18.6 Å². The first-order valence-electron chi connectivity index (χ1n) is 11.7. The molecule has 11 nitrogen and oxygen atoms in total. The minimum absolute atomic E-state index is 0.161. The van der Waals surface area contributed by atoms with E-state index in [0.717, 1.165) is 28.0 Å². The van der Waals surface area contributed by atoms with Gasteiger partial charge < -0.3 is 23.6 Å². The van der Waals surface area contributed by atoms with Crippen LogP contribution in [0.15, 0.2) is 70.1 Å². The zero-order valence-corrected chi connectivity index (χ0v) is 20.1. The van der Waals surface area contributed by atoms with Gasteiger partial charge in [-0.15, -0.1) is 5.10 Å². The van der Waals surface area contributed by atoms with Crippen LogP contribution in [-0.2, 0) is 26.2 Å². The molecule has 0 spiro atoms. The van der Waals surface area contributed by atoms with Gasteiger partial charge in [-0.05, 0) is 63.8 Å². The molecule has 0 amide bonds. The first kappa shape index (κ1) is 22.8. The number of furan rings is 1. The van der Waals surface area contributed by atoms with Crippen molar-refractivity contribution in [3.05, 3.63) is 93.9 Å². The van der Waals surface area contributed by atoms with Gasteiger partial charge in [-0.25, -0.2) is 4.68 Å². The lowest BCUT2D eigenvalue weighted by atomic mass is 10.1. The first-order chi connectivity index (χ1) is 18.1. The molecule has 5 aromatic rings. The Morgan fingerprint density at radius 2 is 1.97 bits per heavy atom. The molecule has 0 saturated carbocycles. The number of hydrogen-bond donors (Lipinski definition) is 1. The van der Waals surface area contributed by atoms with E-state index in [1.54, 1.807) is 18.1 Å². The maximum atomic E-state index is 13.0. The van der Waals surface area contributed by atoms with Crippen LogP contribution >= 0.6 is 0 Å². The number of methoxy groups -OCH3 is 1. The van der Waals surface area contributed by atoms with Crippen LogP contribution in [-0.4, -0.2) is 44.0 Å². The summed E-state index contributed by atoms with van der Waals surface area (Å²) in [5.41, 5.74) is 2.20. The third-order valence-electron chi connectivity index (χ3n) is 6.22. The molecule has 1 N–H and O–H groups in total. The lowest BCUT2D eigenvalue weighted by molar-refractivity contribution is 0.174. The van der Waals surface area contributed by atoms with Gasteiger partial charge in [-0.1, -0.05) is 6.07 Å². The van der Waals surface area contributed by atoms with Crippen LogP contribution < -0.4 is 19.8 Å². The van der Waals surface area contributed by atoms with Gasteiger partial charge in [0.05, 0.1) is 25.4 Å². The van der Waals surface area contributed by atoms with Crippen molar-refractivity contribution < 1.29 is 18.6 Å². The number of aromatic nitrogens is 5. The molecule has 4 heterocycles. The monoisotopic (exact) mass is 500 g/mol. The minimum Gasteiger partial charge on any atom is -0.497 e. The number of nitrogens with one attached hydrogen (secondary N) is 1. The van der Waals surface area contributed by atoms with E-state index in [-0.39, 0.29) is 12.4 Å². The molecule has 0 fully saturated rings. The van der Waals surface area contributed by atoms with E-state index < -0.39 is 0 Å². The summed E-state index contributed by atoms with van der Waals surface area (Å²) >= 11 is 0. The second-order valence-corrected chi connectivity index (χ2v) is 8.74. The number of aromatic amines is 1. The molecule has 188 valence electrons. The van der Waals surface area contributed by atoms with Crippen molar-refractivity contribution in [2.45, 2.75) is 26.2 Å². The van der Waals surface area contributed by atoms with Crippen molar-refractivity contribution in [2.75, 3.05) is 13.9 Å². The van der Waals surface area contributed by atoms with E-state index in [2.05, 4.69) is 25.4 Å². The van der Waals surface area contributed by atoms with Gasteiger partial charge in [-0.2, -0.15) is 0 Å². The van der Waals surface area contributed by atoms with E-state index >= 15 is 0 Å². The summed E-state index contributed by atoms with van der Waals surface area (Å²) in [5, 5.41) is 13.2. The quantitative estimate of drug-likeness (QED) is 0.325. The Bertz CT molecular complexity index is 1590. The van der Waals surface area contributed by atoms with E-state index in [1.165, 1.54) is 0 Å². The molecule has 37 heavy (non-hydrogen) atoms. The number of nitrogens with zero attached hydrogens (tertiary/aromatic N) is 5. The molecule has 11 heteroatoms. The molecule has 1 aliphatic rings. The zero-order valence-electron chi connectivity index (χ0n) is 20.1. The van der Waals surface area contributed by atoms with Crippen molar-refractivity contribution in [3.63, 3.8) is 0 Å². The highest BCUT2D eigenvalue weighted by atomic mass is 16.7. The smallest absolute Gasteiger partial charge is 0.252 e. The number of benzene rings is 2. The lowest BCUT2D eigenvalue weighted by Crippen LogP contribution is -2.28. The van der Waals surface area contributed by atoms with Gasteiger partial charge in [0.1, 0.15) is 18.1 Å². The number of tetrazole rings is 1. The number of rotatable bonds is 9. The summed E-state index contributed by atoms with van der Waals surface area (Å²) in [6.45, 7) is 1.93. The Labute approximate surface area is 211 Å². The predicted molar refractivity (Wildman–Crippen MR) is 132 cm³/mol. The van der Waals surface area contributed by atoms with Crippen LogP contribution in [0.5, 0.6) is 17.2 Å². The predicted octanol–water partition coefficient (Wildman–Crippen LogP) is 3.10. The molecular weight excluding hydrogens is 476 g/mol. The van der Waals surface area contributed by atoms with Crippen LogP contribution in [0.3, 0.4) is 0 Å². The fourth-order valence-electron chi connectivity index (χ4n) is 4.39. The molecule has 6 rings (SSSR count). The van der Waals surface area contributed by atoms with Crippen LogP contribution in [0.25, 0.3) is 10.9 Å². The van der Waals surface area contributed by atoms with Crippen LogP contribution in [0.2, 0.25) is 0 Å². The third-order valence-corrected chi connectivity index (χ3v) is 6.22. The molecule has 3 aromatic heterocycles. The van der Waals surface area contributed by atoms with Crippen molar-refractivity contribution >= 4 is 10.9 Å². The highest BCUT2D eigenvalue weighted by Gasteiger charge is 2.19. The molecule has 2 aromatic carbocycles. The second kappa shape index (κ2) is 9.78. The van der Waals surface area contributed by atoms with Crippen LogP contribution in [0, 0.1) is 0 Å². The fourth-order valence-corrected chi connectivity index (χ4v) is 4.39. The average Bonchev–Trinajstić information content (AvgIpc) is 3.67. The van der Waals surface area contributed by atoms with Gasteiger partial charge in [-0.3, -0.25) is 9.69 Å². The Balaban J connectivity index is 1.30. The van der Waals surface area contributed by atoms with Crippen molar-refractivity contribution in [1.29, 1.82) is 0 Å². The summed E-state index contributed by atoms with van der Waals surface area (Å²) in [6, 6.07) is 17.1. The highest BCUT2D eigenvalue weighted by molar-refractivity contribution is 5.80. The van der Waals surface area contributed by atoms with Crippen molar-refractivity contribution in [1.82, 2.24) is 30.1 Å². The largest absolute Gasteiger partial charge is 0.497 e.